The number of hydrogen-bond donors (Lipinski definition) is 2. The highest BCUT2D eigenvalue weighted by Gasteiger charge is 2.35. The summed E-state index contributed by atoms with van der Waals surface area (Å²) < 4.78 is 5.22. The van der Waals surface area contributed by atoms with Gasteiger partial charge in [0.1, 0.15) is 5.60 Å². The summed E-state index contributed by atoms with van der Waals surface area (Å²) in [5, 5.41) is 6.11. The molecule has 2 unspecified atom stereocenters. The van der Waals surface area contributed by atoms with E-state index in [0.717, 1.165) is 30.9 Å². The van der Waals surface area contributed by atoms with Gasteiger partial charge in [0.15, 0.2) is 5.96 Å². The van der Waals surface area contributed by atoms with Crippen LogP contribution in [-0.4, -0.2) is 55.8 Å². The fourth-order valence-corrected chi connectivity index (χ4v) is 3.56. The number of guanidine groups is 1. The summed E-state index contributed by atoms with van der Waals surface area (Å²) in [6.07, 6.45) is 5.10. The first kappa shape index (κ1) is 21.3. The van der Waals surface area contributed by atoms with E-state index in [9.17, 15) is 4.79 Å². The number of ether oxygens (including phenoxy) is 1. The van der Waals surface area contributed by atoms with Crippen molar-refractivity contribution < 1.29 is 9.53 Å². The quantitative estimate of drug-likeness (QED) is 0.299. The predicted molar refractivity (Wildman–Crippen MR) is 108 cm³/mol. The average Bonchev–Trinajstić information content (AvgIpc) is 2.89. The van der Waals surface area contributed by atoms with Crippen LogP contribution in [0.15, 0.2) is 4.99 Å². The molecule has 0 spiro atoms. The number of alkyl carbamates (subject to hydrolysis) is 1. The van der Waals surface area contributed by atoms with Crippen molar-refractivity contribution in [3.05, 3.63) is 0 Å². The number of hydrogen-bond acceptors (Lipinski definition) is 3. The number of nitrogens with zero attached hydrogens (tertiary/aromatic N) is 2. The second-order valence-corrected chi connectivity index (χ2v) is 7.61. The van der Waals surface area contributed by atoms with Gasteiger partial charge in [0.2, 0.25) is 0 Å². The first-order valence-corrected chi connectivity index (χ1v) is 8.81. The average molecular weight is 452 g/mol. The van der Waals surface area contributed by atoms with Gasteiger partial charge in [-0.1, -0.05) is 12.8 Å². The van der Waals surface area contributed by atoms with Crippen molar-refractivity contribution in [1.29, 1.82) is 0 Å². The van der Waals surface area contributed by atoms with Crippen molar-refractivity contribution in [2.45, 2.75) is 52.1 Å². The van der Waals surface area contributed by atoms with Gasteiger partial charge in [0.25, 0.3) is 0 Å². The van der Waals surface area contributed by atoms with Gasteiger partial charge >= 0.3 is 6.09 Å². The van der Waals surface area contributed by atoms with Crippen LogP contribution in [-0.2, 0) is 4.74 Å². The molecule has 1 amide bonds. The lowest BCUT2D eigenvalue weighted by atomic mass is 9.82. The van der Waals surface area contributed by atoms with E-state index in [4.69, 9.17) is 4.74 Å². The second-order valence-electron chi connectivity index (χ2n) is 7.61. The van der Waals surface area contributed by atoms with E-state index >= 15 is 0 Å². The molecule has 2 atom stereocenters. The Morgan fingerprint density at radius 3 is 2.17 bits per heavy atom. The van der Waals surface area contributed by atoms with E-state index in [1.54, 1.807) is 0 Å². The summed E-state index contributed by atoms with van der Waals surface area (Å²) in [7, 11) is 1.83. The van der Waals surface area contributed by atoms with E-state index < -0.39 is 5.60 Å². The molecule has 2 N–H and O–H groups in total. The highest BCUT2D eigenvalue weighted by molar-refractivity contribution is 14.0. The summed E-state index contributed by atoms with van der Waals surface area (Å²) in [4.78, 5) is 18.4. The smallest absolute Gasteiger partial charge is 0.407 e. The van der Waals surface area contributed by atoms with Crippen LogP contribution < -0.4 is 10.6 Å². The first-order valence-electron chi connectivity index (χ1n) is 8.81. The van der Waals surface area contributed by atoms with Gasteiger partial charge < -0.3 is 20.3 Å². The van der Waals surface area contributed by atoms with E-state index in [1.807, 2.05) is 27.8 Å². The minimum absolute atomic E-state index is 0. The molecule has 0 aromatic rings. The molecule has 6 nitrogen and oxygen atoms in total. The van der Waals surface area contributed by atoms with E-state index in [-0.39, 0.29) is 30.1 Å². The lowest BCUT2D eigenvalue weighted by Gasteiger charge is -2.22. The Bertz CT molecular complexity index is 423. The second kappa shape index (κ2) is 9.68. The van der Waals surface area contributed by atoms with Crippen molar-refractivity contribution in [3.8, 4) is 0 Å². The van der Waals surface area contributed by atoms with Gasteiger partial charge in [-0.05, 0) is 45.4 Å². The molecule has 2 fully saturated rings. The lowest BCUT2D eigenvalue weighted by Crippen LogP contribution is -2.44. The summed E-state index contributed by atoms with van der Waals surface area (Å²) in [5.74, 6) is 2.62. The molecule has 140 valence electrons. The van der Waals surface area contributed by atoms with Crippen LogP contribution in [0.1, 0.15) is 46.5 Å². The Hall–Kier alpha value is -0.730. The Kier molecular flexibility index (Phi) is 8.59. The molecule has 2 aliphatic rings. The normalized spacial score (nSPS) is 24.0. The van der Waals surface area contributed by atoms with Crippen molar-refractivity contribution in [1.82, 2.24) is 15.5 Å². The number of aliphatic imine (C=N–C) groups is 1. The predicted octanol–water partition coefficient (Wildman–Crippen LogP) is 2.83. The van der Waals surface area contributed by atoms with E-state index in [0.29, 0.717) is 13.1 Å². The number of nitrogens with one attached hydrogen (secondary N) is 2. The highest BCUT2D eigenvalue weighted by Crippen LogP contribution is 2.35. The SMILES string of the molecule is CN=C(NCCNC(=O)OC(C)(C)C)N1CC2CCCCC2C1.I. The molecule has 2 rings (SSSR count). The number of halogens is 1. The molecular formula is C17H33IN4O2. The molecule has 1 aliphatic heterocycles. The molecule has 0 aromatic carbocycles. The van der Waals surface area contributed by atoms with Crippen LogP contribution in [0.4, 0.5) is 4.79 Å². The van der Waals surface area contributed by atoms with Crippen LogP contribution in [0.2, 0.25) is 0 Å². The Morgan fingerprint density at radius 2 is 1.67 bits per heavy atom. The summed E-state index contributed by atoms with van der Waals surface area (Å²) in [6, 6.07) is 0. The number of carbonyl (C=O) groups is 1. The van der Waals surface area contributed by atoms with Crippen LogP contribution in [0.5, 0.6) is 0 Å². The third-order valence-corrected chi connectivity index (χ3v) is 4.56. The molecule has 0 aromatic heterocycles. The van der Waals surface area contributed by atoms with Crippen LogP contribution in [0, 0.1) is 11.8 Å². The monoisotopic (exact) mass is 452 g/mol. The maximum Gasteiger partial charge on any atom is 0.407 e. The minimum atomic E-state index is -0.459. The minimum Gasteiger partial charge on any atom is -0.444 e. The molecule has 1 saturated carbocycles. The van der Waals surface area contributed by atoms with Crippen molar-refractivity contribution in [2.24, 2.45) is 16.8 Å². The number of rotatable bonds is 3. The fourth-order valence-electron chi connectivity index (χ4n) is 3.56. The van der Waals surface area contributed by atoms with Gasteiger partial charge in [0.05, 0.1) is 0 Å². The number of fused-ring (bicyclic) bond motifs is 1. The van der Waals surface area contributed by atoms with Crippen molar-refractivity contribution >= 4 is 36.0 Å². The molecule has 1 aliphatic carbocycles. The van der Waals surface area contributed by atoms with Crippen molar-refractivity contribution in [2.75, 3.05) is 33.2 Å². The zero-order valence-corrected chi connectivity index (χ0v) is 17.8. The molecule has 0 radical (unpaired) electrons. The summed E-state index contributed by atoms with van der Waals surface area (Å²) in [5.41, 5.74) is -0.459. The maximum absolute atomic E-state index is 11.6. The zero-order chi connectivity index (χ0) is 16.9. The Morgan fingerprint density at radius 1 is 1.12 bits per heavy atom. The van der Waals surface area contributed by atoms with Gasteiger partial charge in [-0.15, -0.1) is 24.0 Å². The zero-order valence-electron chi connectivity index (χ0n) is 15.4. The number of carbonyl (C=O) groups excluding carboxylic acids is 1. The summed E-state index contributed by atoms with van der Waals surface area (Å²) >= 11 is 0. The largest absolute Gasteiger partial charge is 0.444 e. The third kappa shape index (κ3) is 6.64. The van der Waals surface area contributed by atoms with Crippen LogP contribution in [0.3, 0.4) is 0 Å². The van der Waals surface area contributed by atoms with E-state index in [2.05, 4.69) is 20.5 Å². The third-order valence-electron chi connectivity index (χ3n) is 4.56. The molecule has 1 saturated heterocycles. The van der Waals surface area contributed by atoms with Crippen LogP contribution >= 0.6 is 24.0 Å². The molecule has 7 heteroatoms. The fraction of sp³-hybridized carbons (Fsp3) is 0.882. The Labute approximate surface area is 163 Å². The first-order chi connectivity index (χ1) is 10.9. The molecule has 0 bridgehead atoms. The van der Waals surface area contributed by atoms with Crippen LogP contribution in [0.25, 0.3) is 0 Å². The van der Waals surface area contributed by atoms with Crippen molar-refractivity contribution in [3.63, 3.8) is 0 Å². The topological polar surface area (TPSA) is 66.0 Å². The lowest BCUT2D eigenvalue weighted by molar-refractivity contribution is 0.0529. The van der Waals surface area contributed by atoms with Gasteiger partial charge in [0, 0.05) is 33.2 Å². The molecule has 1 heterocycles. The Balaban J connectivity index is 0.00000288. The van der Waals surface area contributed by atoms with Gasteiger partial charge in [-0.25, -0.2) is 4.79 Å². The number of likely N-dealkylation sites (tertiary alicyclic amines) is 1. The maximum atomic E-state index is 11.6. The summed E-state index contributed by atoms with van der Waals surface area (Å²) in [6.45, 7) is 8.98. The standard InChI is InChI=1S/C17H32N4O2.HI/c1-17(2,3)23-16(22)20-10-9-19-15(18-4)21-11-13-7-5-6-8-14(13)12-21;/h13-14H,5-12H2,1-4H3,(H,18,19)(H,20,22);1H. The van der Waals surface area contributed by atoms with Gasteiger partial charge in [-0.2, -0.15) is 0 Å². The number of amides is 1. The highest BCUT2D eigenvalue weighted by atomic mass is 127. The molecular weight excluding hydrogens is 419 g/mol. The van der Waals surface area contributed by atoms with Gasteiger partial charge in [-0.3, -0.25) is 4.99 Å². The molecule has 24 heavy (non-hydrogen) atoms. The van der Waals surface area contributed by atoms with E-state index in [1.165, 1.54) is 25.7 Å².